The molecule has 0 bridgehead atoms. The molecule has 0 atom stereocenters. The van der Waals surface area contributed by atoms with E-state index in [9.17, 15) is 18.0 Å². The second kappa shape index (κ2) is 9.60. The molecule has 0 fully saturated rings. The summed E-state index contributed by atoms with van der Waals surface area (Å²) < 4.78 is 37.8. The van der Waals surface area contributed by atoms with Gasteiger partial charge in [-0.1, -0.05) is 53.0 Å². The summed E-state index contributed by atoms with van der Waals surface area (Å²) in [6.45, 7) is -0.121. The van der Waals surface area contributed by atoms with E-state index in [1.807, 2.05) is 0 Å². The second-order valence-corrected chi connectivity index (χ2v) is 7.39. The van der Waals surface area contributed by atoms with Gasteiger partial charge in [-0.2, -0.15) is 18.3 Å². The van der Waals surface area contributed by atoms with E-state index in [2.05, 4.69) is 5.10 Å². The highest BCUT2D eigenvalue weighted by atomic mass is 35.5. The van der Waals surface area contributed by atoms with Crippen molar-refractivity contribution in [3.05, 3.63) is 99.3 Å². The fourth-order valence-electron chi connectivity index (χ4n) is 2.92. The Morgan fingerprint density at radius 1 is 1.03 bits per heavy atom. The number of hydrogen-bond acceptors (Lipinski definition) is 2. The predicted molar refractivity (Wildman–Crippen MR) is 118 cm³/mol. The maximum atomic E-state index is 12.0. The Balaban J connectivity index is 0.000000207. The minimum absolute atomic E-state index is 0.121. The molecule has 0 amide bonds. The minimum atomic E-state index is -4.30. The number of carboxylic acids is 1. The van der Waals surface area contributed by atoms with Crippen molar-refractivity contribution in [1.29, 1.82) is 0 Å². The van der Waals surface area contributed by atoms with Gasteiger partial charge in [0.1, 0.15) is 0 Å². The molecular formula is C22H15Cl2F3N3O2-. The molecule has 0 aliphatic rings. The molecule has 2 N–H and O–H groups in total. The zero-order valence-electron chi connectivity index (χ0n) is 16.2. The molecule has 0 saturated heterocycles. The summed E-state index contributed by atoms with van der Waals surface area (Å²) in [6, 6.07) is 15.0. The number of rotatable bonds is 3. The first kappa shape index (κ1) is 23.6. The summed E-state index contributed by atoms with van der Waals surface area (Å²) in [7, 11) is 0. The lowest BCUT2D eigenvalue weighted by atomic mass is 10.1. The average molecular weight is 481 g/mol. The Morgan fingerprint density at radius 2 is 1.75 bits per heavy atom. The number of halogens is 5. The highest BCUT2D eigenvalue weighted by molar-refractivity contribution is 6.42. The Hall–Kier alpha value is -3.07. The summed E-state index contributed by atoms with van der Waals surface area (Å²) in [5.74, 6) is -0.982. The Morgan fingerprint density at radius 3 is 2.38 bits per heavy atom. The molecule has 4 aromatic rings. The van der Waals surface area contributed by atoms with Crippen LogP contribution in [0.3, 0.4) is 0 Å². The van der Waals surface area contributed by atoms with Crippen molar-refractivity contribution in [3.8, 4) is 5.69 Å². The van der Waals surface area contributed by atoms with Crippen LogP contribution in [0.4, 0.5) is 13.2 Å². The molecule has 166 valence electrons. The summed E-state index contributed by atoms with van der Waals surface area (Å²) in [6.07, 6.45) is -2.77. The molecule has 0 saturated carbocycles. The topological polar surface area (TPSA) is 78.9 Å². The van der Waals surface area contributed by atoms with Gasteiger partial charge in [-0.05, 0) is 36.4 Å². The highest BCUT2D eigenvalue weighted by Crippen LogP contribution is 2.30. The lowest BCUT2D eigenvalue weighted by molar-refractivity contribution is -0.137. The van der Waals surface area contributed by atoms with E-state index in [0.717, 1.165) is 17.8 Å². The monoisotopic (exact) mass is 480 g/mol. The van der Waals surface area contributed by atoms with Gasteiger partial charge in [0.05, 0.1) is 38.6 Å². The van der Waals surface area contributed by atoms with E-state index >= 15 is 0 Å². The first-order valence-corrected chi connectivity index (χ1v) is 9.83. The smallest absolute Gasteiger partial charge is 0.416 e. The molecule has 0 aliphatic carbocycles. The Bertz CT molecular complexity index is 1270. The van der Waals surface area contributed by atoms with Crippen molar-refractivity contribution < 1.29 is 23.1 Å². The van der Waals surface area contributed by atoms with Crippen LogP contribution in [0.15, 0.2) is 66.9 Å². The zero-order valence-corrected chi connectivity index (χ0v) is 17.7. The number of carbonyl (C=O) groups is 1. The predicted octanol–water partition coefficient (Wildman–Crippen LogP) is 7.29. The van der Waals surface area contributed by atoms with Crippen molar-refractivity contribution in [1.82, 2.24) is 9.78 Å². The lowest BCUT2D eigenvalue weighted by Crippen LogP contribution is -2.04. The number of alkyl halides is 3. The number of hydrogen-bond donors (Lipinski definition) is 1. The van der Waals surface area contributed by atoms with Crippen LogP contribution in [0, 0.1) is 0 Å². The largest absolute Gasteiger partial charge is 0.674 e. The van der Waals surface area contributed by atoms with Crippen LogP contribution in [-0.4, -0.2) is 20.9 Å². The normalized spacial score (nSPS) is 11.2. The van der Waals surface area contributed by atoms with Gasteiger partial charge in [0.25, 0.3) is 0 Å². The first-order valence-electron chi connectivity index (χ1n) is 9.08. The molecule has 32 heavy (non-hydrogen) atoms. The molecule has 4 rings (SSSR count). The van der Waals surface area contributed by atoms with Crippen molar-refractivity contribution in [3.63, 3.8) is 0 Å². The van der Waals surface area contributed by atoms with Crippen LogP contribution in [0.1, 0.15) is 21.5 Å². The van der Waals surface area contributed by atoms with Gasteiger partial charge in [-0.15, -0.1) is 6.54 Å². The van der Waals surface area contributed by atoms with E-state index in [1.165, 1.54) is 18.3 Å². The molecule has 3 aromatic carbocycles. The summed E-state index contributed by atoms with van der Waals surface area (Å²) in [5.41, 5.74) is 8.20. The van der Waals surface area contributed by atoms with E-state index in [4.69, 9.17) is 34.0 Å². The number of nitrogens with one attached hydrogen (secondary N) is 1. The van der Waals surface area contributed by atoms with Crippen LogP contribution in [-0.2, 0) is 12.7 Å². The summed E-state index contributed by atoms with van der Waals surface area (Å²) in [5, 5.41) is 14.8. The number of aromatic carboxylic acids is 1. The number of fused-ring (bicyclic) bond motifs is 1. The highest BCUT2D eigenvalue weighted by Gasteiger charge is 2.29. The van der Waals surface area contributed by atoms with Gasteiger partial charge in [-0.3, -0.25) is 0 Å². The average Bonchev–Trinajstić information content (AvgIpc) is 3.19. The van der Waals surface area contributed by atoms with E-state index in [1.54, 1.807) is 41.1 Å². The molecular weight excluding hydrogens is 466 g/mol. The maximum Gasteiger partial charge on any atom is 0.416 e. The minimum Gasteiger partial charge on any atom is -0.674 e. The van der Waals surface area contributed by atoms with Gasteiger partial charge in [-0.25, -0.2) is 9.48 Å². The van der Waals surface area contributed by atoms with Crippen LogP contribution < -0.4 is 0 Å². The fourth-order valence-corrected chi connectivity index (χ4v) is 3.21. The molecule has 0 radical (unpaired) electrons. The van der Waals surface area contributed by atoms with Crippen LogP contribution >= 0.6 is 23.2 Å². The maximum absolute atomic E-state index is 12.0. The SMILES string of the molecule is O=C(O)c1cccc2c1cnn2-c1ccc(Cl)c(Cl)c1.[NH-]Cc1cccc(C(F)(F)F)c1. The van der Waals surface area contributed by atoms with E-state index < -0.39 is 17.7 Å². The van der Waals surface area contributed by atoms with E-state index in [0.29, 0.717) is 26.5 Å². The van der Waals surface area contributed by atoms with Gasteiger partial charge >= 0.3 is 12.1 Å². The van der Waals surface area contributed by atoms with Crippen molar-refractivity contribution in [2.24, 2.45) is 0 Å². The number of benzene rings is 3. The third-order valence-corrected chi connectivity index (χ3v) is 5.19. The van der Waals surface area contributed by atoms with Gasteiger partial charge in [0.15, 0.2) is 0 Å². The van der Waals surface area contributed by atoms with Gasteiger partial charge in [0.2, 0.25) is 0 Å². The Labute approximate surface area is 190 Å². The van der Waals surface area contributed by atoms with Crippen LogP contribution in [0.2, 0.25) is 10.0 Å². The van der Waals surface area contributed by atoms with Crippen molar-refractivity contribution in [2.45, 2.75) is 12.7 Å². The molecule has 1 heterocycles. The molecule has 1 aromatic heterocycles. The third kappa shape index (κ3) is 5.21. The molecule has 0 spiro atoms. The second-order valence-electron chi connectivity index (χ2n) is 6.57. The Kier molecular flexibility index (Phi) is 7.08. The standard InChI is InChI=1S/C14H8Cl2N2O2.C8H7F3N/c15-11-5-4-8(6-12(11)16)18-13-3-1-2-9(14(19)20)10(13)7-17-18;9-8(10,11)7-3-1-2-6(4-7)5-12/h1-7H,(H,19,20);1-4,12H,5H2/q;-1. The number of carboxylic acid groups (broad SMARTS) is 1. The first-order chi connectivity index (χ1) is 15.1. The molecule has 10 heteroatoms. The third-order valence-electron chi connectivity index (χ3n) is 4.45. The number of nitrogens with zero attached hydrogens (tertiary/aromatic N) is 2. The summed E-state index contributed by atoms with van der Waals surface area (Å²) in [4.78, 5) is 11.2. The molecule has 0 aliphatic heterocycles. The molecule has 5 nitrogen and oxygen atoms in total. The van der Waals surface area contributed by atoms with E-state index in [-0.39, 0.29) is 12.1 Å². The van der Waals surface area contributed by atoms with Gasteiger partial charge < -0.3 is 10.8 Å². The van der Waals surface area contributed by atoms with Crippen LogP contribution in [0.5, 0.6) is 0 Å². The molecule has 0 unspecified atom stereocenters. The lowest BCUT2D eigenvalue weighted by Gasteiger charge is -2.08. The van der Waals surface area contributed by atoms with Crippen molar-refractivity contribution in [2.75, 3.05) is 0 Å². The van der Waals surface area contributed by atoms with Crippen molar-refractivity contribution >= 4 is 40.1 Å². The zero-order chi connectivity index (χ0) is 23.5. The quantitative estimate of drug-likeness (QED) is 0.334. The fraction of sp³-hybridized carbons (Fsp3) is 0.0909. The van der Waals surface area contributed by atoms with Gasteiger partial charge in [0, 0.05) is 5.39 Å². The number of aromatic nitrogens is 2. The summed E-state index contributed by atoms with van der Waals surface area (Å²) >= 11 is 11.9. The van der Waals surface area contributed by atoms with Crippen LogP contribution in [0.25, 0.3) is 22.3 Å².